The molecule has 4 rings (SSSR count). The van der Waals surface area contributed by atoms with E-state index in [0.717, 1.165) is 21.6 Å². The molecule has 1 saturated heterocycles. The van der Waals surface area contributed by atoms with Gasteiger partial charge in [0.25, 0.3) is 5.91 Å². The van der Waals surface area contributed by atoms with E-state index in [1.165, 1.54) is 0 Å². The van der Waals surface area contributed by atoms with Crippen LogP contribution in [0.5, 0.6) is 0 Å². The van der Waals surface area contributed by atoms with Gasteiger partial charge in [-0.05, 0) is 43.0 Å². The number of nitrogens with one attached hydrogen (secondary N) is 3. The molecule has 1 heterocycles. The van der Waals surface area contributed by atoms with Crippen LogP contribution in [0, 0.1) is 20.8 Å². The van der Waals surface area contributed by atoms with Crippen molar-refractivity contribution in [2.75, 3.05) is 18.4 Å². The van der Waals surface area contributed by atoms with Gasteiger partial charge in [-0.25, -0.2) is 4.79 Å². The third-order valence-electron chi connectivity index (χ3n) is 6.21. The zero-order valence-corrected chi connectivity index (χ0v) is 20.4. The summed E-state index contributed by atoms with van der Waals surface area (Å²) in [6.07, 6.45) is 0. The van der Waals surface area contributed by atoms with Gasteiger partial charge < -0.3 is 16.0 Å². The molecule has 0 aliphatic carbocycles. The van der Waals surface area contributed by atoms with Crippen LogP contribution >= 0.6 is 0 Å². The van der Waals surface area contributed by atoms with E-state index >= 15 is 0 Å². The Kier molecular flexibility index (Phi) is 6.87. The molecule has 0 unspecified atom stereocenters. The van der Waals surface area contributed by atoms with Crippen molar-refractivity contribution in [1.29, 1.82) is 0 Å². The molecule has 3 N–H and O–H groups in total. The Morgan fingerprint density at radius 3 is 1.89 bits per heavy atom. The Morgan fingerprint density at radius 1 is 0.833 bits per heavy atom. The topological polar surface area (TPSA) is 108 Å². The summed E-state index contributed by atoms with van der Waals surface area (Å²) in [4.78, 5) is 52.5. The number of benzene rings is 3. The number of hydrogen-bond acceptors (Lipinski definition) is 4. The number of imide groups is 1. The molecule has 8 heteroatoms. The third kappa shape index (κ3) is 4.70. The van der Waals surface area contributed by atoms with Crippen LogP contribution < -0.4 is 16.0 Å². The summed E-state index contributed by atoms with van der Waals surface area (Å²) in [7, 11) is 0. The number of hydrogen-bond donors (Lipinski definition) is 3. The maximum absolute atomic E-state index is 13.6. The minimum atomic E-state index is -1.45. The molecule has 0 atom stereocenters. The minimum Gasteiger partial charge on any atom is -0.345 e. The van der Waals surface area contributed by atoms with E-state index in [4.69, 9.17) is 0 Å². The Hall–Kier alpha value is -4.46. The van der Waals surface area contributed by atoms with E-state index in [2.05, 4.69) is 16.0 Å². The van der Waals surface area contributed by atoms with Crippen molar-refractivity contribution < 1.29 is 19.2 Å². The fourth-order valence-electron chi connectivity index (χ4n) is 4.59. The molecule has 36 heavy (non-hydrogen) atoms. The maximum Gasteiger partial charge on any atom is 0.326 e. The second-order valence-corrected chi connectivity index (χ2v) is 8.90. The van der Waals surface area contributed by atoms with Gasteiger partial charge in [-0.2, -0.15) is 0 Å². The van der Waals surface area contributed by atoms with Crippen LogP contribution in [0.3, 0.4) is 0 Å². The number of rotatable bonds is 7. The molecule has 0 bridgehead atoms. The SMILES string of the molecule is Cc1cc(C)c(NC(=O)CNC(=O)CN2C(=O)NC(c3ccccc3)(c3ccccc3)C2=O)c(C)c1. The largest absolute Gasteiger partial charge is 0.345 e. The van der Waals surface area contributed by atoms with Crippen LogP contribution in [0.25, 0.3) is 0 Å². The Bertz CT molecular complexity index is 1260. The molecular weight excluding hydrogens is 456 g/mol. The van der Waals surface area contributed by atoms with E-state index in [0.29, 0.717) is 16.8 Å². The summed E-state index contributed by atoms with van der Waals surface area (Å²) in [6, 6.07) is 21.0. The van der Waals surface area contributed by atoms with Crippen molar-refractivity contribution in [2.45, 2.75) is 26.3 Å². The lowest BCUT2D eigenvalue weighted by atomic mass is 9.82. The highest BCUT2D eigenvalue weighted by Gasteiger charge is 2.54. The van der Waals surface area contributed by atoms with Crippen LogP contribution in [0.15, 0.2) is 72.8 Å². The van der Waals surface area contributed by atoms with Crippen molar-refractivity contribution in [1.82, 2.24) is 15.5 Å². The molecule has 0 saturated carbocycles. The van der Waals surface area contributed by atoms with Crippen LogP contribution in [0.2, 0.25) is 0 Å². The second kappa shape index (κ2) is 10.0. The number of carbonyl (C=O) groups is 4. The molecule has 1 aliphatic rings. The fourth-order valence-corrected chi connectivity index (χ4v) is 4.59. The van der Waals surface area contributed by atoms with Gasteiger partial charge in [0.2, 0.25) is 11.8 Å². The third-order valence-corrected chi connectivity index (χ3v) is 6.21. The van der Waals surface area contributed by atoms with Gasteiger partial charge in [0.15, 0.2) is 5.54 Å². The minimum absolute atomic E-state index is 0.294. The van der Waals surface area contributed by atoms with Gasteiger partial charge in [-0.1, -0.05) is 78.4 Å². The molecule has 0 radical (unpaired) electrons. The van der Waals surface area contributed by atoms with E-state index in [1.807, 2.05) is 45.0 Å². The number of urea groups is 1. The van der Waals surface area contributed by atoms with Gasteiger partial charge in [0.05, 0.1) is 6.54 Å². The van der Waals surface area contributed by atoms with E-state index in [-0.39, 0.29) is 6.54 Å². The average Bonchev–Trinajstić information content (AvgIpc) is 3.11. The highest BCUT2D eigenvalue weighted by atomic mass is 16.2. The summed E-state index contributed by atoms with van der Waals surface area (Å²) in [6.45, 7) is 4.97. The first kappa shape index (κ1) is 24.7. The Labute approximate surface area is 209 Å². The first-order valence-corrected chi connectivity index (χ1v) is 11.6. The van der Waals surface area contributed by atoms with E-state index in [1.54, 1.807) is 48.5 Å². The molecule has 1 aliphatic heterocycles. The predicted octanol–water partition coefficient (Wildman–Crippen LogP) is 3.16. The van der Waals surface area contributed by atoms with Gasteiger partial charge >= 0.3 is 6.03 Å². The van der Waals surface area contributed by atoms with E-state index in [9.17, 15) is 19.2 Å². The van der Waals surface area contributed by atoms with Crippen molar-refractivity contribution >= 4 is 29.4 Å². The number of carbonyl (C=O) groups excluding carboxylic acids is 4. The fraction of sp³-hybridized carbons (Fsp3) is 0.214. The lowest BCUT2D eigenvalue weighted by molar-refractivity contribution is -0.134. The lowest BCUT2D eigenvalue weighted by Gasteiger charge is -2.27. The van der Waals surface area contributed by atoms with Gasteiger partial charge in [0, 0.05) is 5.69 Å². The molecule has 3 aromatic carbocycles. The molecule has 0 aromatic heterocycles. The summed E-state index contributed by atoms with van der Waals surface area (Å²) in [5.41, 5.74) is 3.35. The summed E-state index contributed by atoms with van der Waals surface area (Å²) in [5, 5.41) is 8.12. The first-order chi connectivity index (χ1) is 17.2. The number of aryl methyl sites for hydroxylation is 3. The van der Waals surface area contributed by atoms with Gasteiger partial charge in [-0.3, -0.25) is 19.3 Å². The van der Waals surface area contributed by atoms with Crippen molar-refractivity contribution in [3.05, 3.63) is 101 Å². The Morgan fingerprint density at radius 2 is 1.36 bits per heavy atom. The first-order valence-electron chi connectivity index (χ1n) is 11.6. The molecule has 0 spiro atoms. The highest BCUT2D eigenvalue weighted by molar-refractivity contribution is 6.11. The van der Waals surface area contributed by atoms with Gasteiger partial charge in [0.1, 0.15) is 6.54 Å². The zero-order chi connectivity index (χ0) is 25.9. The van der Waals surface area contributed by atoms with Crippen LogP contribution in [-0.2, 0) is 19.9 Å². The van der Waals surface area contributed by atoms with Crippen molar-refractivity contribution in [3.63, 3.8) is 0 Å². The van der Waals surface area contributed by atoms with Crippen LogP contribution in [-0.4, -0.2) is 41.7 Å². The number of amides is 5. The monoisotopic (exact) mass is 484 g/mol. The normalized spacial score (nSPS) is 14.4. The Balaban J connectivity index is 1.46. The van der Waals surface area contributed by atoms with E-state index < -0.39 is 35.8 Å². The quantitative estimate of drug-likeness (QED) is 0.448. The summed E-state index contributed by atoms with van der Waals surface area (Å²) in [5.74, 6) is -1.59. The number of nitrogens with zero attached hydrogens (tertiary/aromatic N) is 1. The predicted molar refractivity (Wildman–Crippen MR) is 136 cm³/mol. The standard InChI is InChI=1S/C28H28N4O4/c1-18-14-19(2)25(20(3)15-18)30-23(33)16-29-24(34)17-32-26(35)28(31-27(32)36,21-10-6-4-7-11-21)22-12-8-5-9-13-22/h4-15H,16-17H2,1-3H3,(H,29,34)(H,30,33)(H,31,36). The van der Waals surface area contributed by atoms with Crippen molar-refractivity contribution in [2.24, 2.45) is 0 Å². The lowest BCUT2D eigenvalue weighted by Crippen LogP contribution is -2.46. The molecule has 5 amide bonds. The zero-order valence-electron chi connectivity index (χ0n) is 20.4. The van der Waals surface area contributed by atoms with Crippen LogP contribution in [0.4, 0.5) is 10.5 Å². The molecular formula is C28H28N4O4. The van der Waals surface area contributed by atoms with Crippen LogP contribution in [0.1, 0.15) is 27.8 Å². The highest BCUT2D eigenvalue weighted by Crippen LogP contribution is 2.35. The molecule has 8 nitrogen and oxygen atoms in total. The molecule has 184 valence electrons. The summed E-state index contributed by atoms with van der Waals surface area (Å²) < 4.78 is 0. The smallest absolute Gasteiger partial charge is 0.326 e. The average molecular weight is 485 g/mol. The maximum atomic E-state index is 13.6. The second-order valence-electron chi connectivity index (χ2n) is 8.90. The van der Waals surface area contributed by atoms with Gasteiger partial charge in [-0.15, -0.1) is 0 Å². The molecule has 1 fully saturated rings. The molecule has 3 aromatic rings. The number of anilines is 1. The summed E-state index contributed by atoms with van der Waals surface area (Å²) >= 11 is 0. The van der Waals surface area contributed by atoms with Crippen molar-refractivity contribution in [3.8, 4) is 0 Å².